The number of unbranched alkanes of at least 4 members (excludes halogenated alkanes) is 3. The molecule has 15 heteroatoms. The lowest BCUT2D eigenvalue weighted by molar-refractivity contribution is -0.137. The van der Waals surface area contributed by atoms with Crippen molar-refractivity contribution in [3.63, 3.8) is 0 Å². The molecule has 2 amide bonds. The van der Waals surface area contributed by atoms with Crippen molar-refractivity contribution in [3.05, 3.63) is 144 Å². The zero-order chi connectivity index (χ0) is 44.9. The number of hydrogen-bond acceptors (Lipinski definition) is 7. The van der Waals surface area contributed by atoms with Gasteiger partial charge in [-0.05, 0) is 109 Å². The van der Waals surface area contributed by atoms with Gasteiger partial charge >= 0.3 is 6.18 Å². The number of rotatable bonds is 22. The smallest absolute Gasteiger partial charge is 0.416 e. The zero-order valence-electron chi connectivity index (χ0n) is 35.4. The summed E-state index contributed by atoms with van der Waals surface area (Å²) in [5, 5.41) is 9.13. The van der Waals surface area contributed by atoms with Gasteiger partial charge in [0.15, 0.2) is 5.65 Å². The molecule has 0 atom stereocenters. The largest absolute Gasteiger partial charge is 0.491 e. The van der Waals surface area contributed by atoms with E-state index in [9.17, 15) is 22.8 Å². The SMILES string of the molecule is Cn1cc2c3cc(C(=O)NCCCCCCOCCOCCOc4ccc(Oc5ccc(N(Cc6ccccc6)C(=O)CCl)cc5)cc4)ccc3n(-c3ccc(C(F)(F)F)cc3)c2n1. The van der Waals surface area contributed by atoms with Gasteiger partial charge in [-0.3, -0.25) is 18.8 Å². The van der Waals surface area contributed by atoms with Gasteiger partial charge < -0.3 is 29.2 Å². The predicted octanol–water partition coefficient (Wildman–Crippen LogP) is 10.5. The monoisotopic (exact) mass is 895 g/mol. The van der Waals surface area contributed by atoms with Gasteiger partial charge in [0, 0.05) is 54.1 Å². The third kappa shape index (κ3) is 12.0. The van der Waals surface area contributed by atoms with Gasteiger partial charge in [0.25, 0.3) is 5.91 Å². The predicted molar refractivity (Wildman–Crippen MR) is 242 cm³/mol. The molecule has 334 valence electrons. The van der Waals surface area contributed by atoms with E-state index in [1.54, 1.807) is 39.4 Å². The van der Waals surface area contributed by atoms with Crippen molar-refractivity contribution in [2.75, 3.05) is 50.4 Å². The summed E-state index contributed by atoms with van der Waals surface area (Å²) in [6, 6.07) is 34.7. The first-order chi connectivity index (χ1) is 31.1. The quantitative estimate of drug-likeness (QED) is 0.0533. The van der Waals surface area contributed by atoms with Crippen LogP contribution in [0, 0.1) is 0 Å². The van der Waals surface area contributed by atoms with Crippen LogP contribution in [0.5, 0.6) is 17.2 Å². The van der Waals surface area contributed by atoms with Crippen molar-refractivity contribution in [1.82, 2.24) is 19.7 Å². The molecular weight excluding hydrogens is 847 g/mol. The topological polar surface area (TPSA) is 109 Å². The Bertz CT molecular complexity index is 2600. The summed E-state index contributed by atoms with van der Waals surface area (Å²) >= 11 is 5.89. The minimum Gasteiger partial charge on any atom is -0.491 e. The molecule has 0 unspecified atom stereocenters. The van der Waals surface area contributed by atoms with Gasteiger partial charge in [-0.25, -0.2) is 0 Å². The second kappa shape index (κ2) is 21.8. The summed E-state index contributed by atoms with van der Waals surface area (Å²) in [4.78, 5) is 27.3. The average Bonchev–Trinajstić information content (AvgIpc) is 3.83. The Morgan fingerprint density at radius 1 is 0.734 bits per heavy atom. The number of benzene rings is 5. The third-order valence-corrected chi connectivity index (χ3v) is 10.7. The number of alkyl halides is 4. The highest BCUT2D eigenvalue weighted by Gasteiger charge is 2.30. The molecule has 0 aliphatic rings. The van der Waals surface area contributed by atoms with E-state index in [4.69, 9.17) is 30.5 Å². The highest BCUT2D eigenvalue weighted by molar-refractivity contribution is 6.29. The number of hydrogen-bond donors (Lipinski definition) is 1. The summed E-state index contributed by atoms with van der Waals surface area (Å²) in [6.45, 7) is 3.34. The van der Waals surface area contributed by atoms with Crippen LogP contribution in [0.3, 0.4) is 0 Å². The summed E-state index contributed by atoms with van der Waals surface area (Å²) in [6.07, 6.45) is 1.05. The van der Waals surface area contributed by atoms with Crippen LogP contribution in [0.25, 0.3) is 27.6 Å². The van der Waals surface area contributed by atoms with E-state index in [1.807, 2.05) is 85.1 Å². The molecule has 0 aliphatic heterocycles. The lowest BCUT2D eigenvalue weighted by Crippen LogP contribution is -2.31. The Morgan fingerprint density at radius 3 is 2.09 bits per heavy atom. The van der Waals surface area contributed by atoms with Gasteiger partial charge in [0.2, 0.25) is 5.91 Å². The standard InChI is InChI=1S/C49H49ClF3N5O6/c1-56-34-44-43-31-36(11-24-45(43)58(47(44)55-56)39-14-12-37(13-15-39)49(51,52)53)48(60)54-25-7-2-3-8-26-61-27-28-62-29-30-63-40-20-22-42(23-21-40)64-41-18-16-38(17-19-41)57(46(59)32-50)33-35-9-5-4-6-10-35/h4-6,9-24,31,34H,2-3,7-8,25-30,32-33H2,1H3,(H,54,60). The molecule has 0 radical (unpaired) electrons. The van der Waals surface area contributed by atoms with E-state index in [2.05, 4.69) is 10.4 Å². The number of aryl methyl sites for hydroxylation is 1. The normalized spacial score (nSPS) is 11.6. The van der Waals surface area contributed by atoms with Crippen LogP contribution in [0.4, 0.5) is 18.9 Å². The van der Waals surface area contributed by atoms with Crippen molar-refractivity contribution in [2.24, 2.45) is 7.05 Å². The lowest BCUT2D eigenvalue weighted by Gasteiger charge is -2.22. The Hall–Kier alpha value is -6.35. The molecule has 1 N–H and O–H groups in total. The van der Waals surface area contributed by atoms with Crippen molar-refractivity contribution in [1.29, 1.82) is 0 Å². The van der Waals surface area contributed by atoms with Gasteiger partial charge in [0.1, 0.15) is 29.7 Å². The number of anilines is 1. The molecule has 0 saturated heterocycles. The Kier molecular flexibility index (Phi) is 15.6. The van der Waals surface area contributed by atoms with E-state index in [-0.39, 0.29) is 17.7 Å². The van der Waals surface area contributed by atoms with Crippen LogP contribution in [0.1, 0.15) is 47.2 Å². The second-order valence-electron chi connectivity index (χ2n) is 15.1. The number of ether oxygens (including phenoxy) is 4. The Labute approximate surface area is 374 Å². The lowest BCUT2D eigenvalue weighted by atomic mass is 10.1. The van der Waals surface area contributed by atoms with Crippen LogP contribution >= 0.6 is 11.6 Å². The second-order valence-corrected chi connectivity index (χ2v) is 15.3. The molecule has 2 aromatic heterocycles. The minimum atomic E-state index is -4.43. The van der Waals surface area contributed by atoms with Crippen LogP contribution in [0.2, 0.25) is 0 Å². The molecule has 0 bridgehead atoms. The highest BCUT2D eigenvalue weighted by Crippen LogP contribution is 2.34. The first-order valence-electron chi connectivity index (χ1n) is 21.1. The van der Waals surface area contributed by atoms with Gasteiger partial charge in [-0.1, -0.05) is 43.2 Å². The van der Waals surface area contributed by atoms with Crippen LogP contribution in [0.15, 0.2) is 128 Å². The molecule has 0 saturated carbocycles. The number of nitrogens with one attached hydrogen (secondary N) is 1. The van der Waals surface area contributed by atoms with E-state index in [0.29, 0.717) is 80.3 Å². The van der Waals surface area contributed by atoms with Crippen molar-refractivity contribution in [3.8, 4) is 22.9 Å². The molecule has 2 heterocycles. The number of nitrogens with zero attached hydrogens (tertiary/aromatic N) is 4. The molecule has 0 spiro atoms. The van der Waals surface area contributed by atoms with Crippen LogP contribution < -0.4 is 19.7 Å². The summed E-state index contributed by atoms with van der Waals surface area (Å²) < 4.78 is 66.2. The Morgan fingerprint density at radius 2 is 1.39 bits per heavy atom. The summed E-state index contributed by atoms with van der Waals surface area (Å²) in [5.74, 6) is 1.48. The van der Waals surface area contributed by atoms with Crippen molar-refractivity contribution >= 4 is 51.0 Å². The summed E-state index contributed by atoms with van der Waals surface area (Å²) in [5.41, 5.74) is 3.39. The highest BCUT2D eigenvalue weighted by atomic mass is 35.5. The first kappa shape index (κ1) is 45.7. The van der Waals surface area contributed by atoms with Gasteiger partial charge in [-0.15, -0.1) is 11.6 Å². The summed E-state index contributed by atoms with van der Waals surface area (Å²) in [7, 11) is 1.78. The molecule has 0 fully saturated rings. The third-order valence-electron chi connectivity index (χ3n) is 10.4. The van der Waals surface area contributed by atoms with E-state index < -0.39 is 11.7 Å². The minimum absolute atomic E-state index is 0.113. The van der Waals surface area contributed by atoms with Gasteiger partial charge in [0.05, 0.1) is 37.4 Å². The molecule has 5 aromatic carbocycles. The number of carbonyl (C=O) groups excluding carboxylic acids is 2. The number of amides is 2. The maximum Gasteiger partial charge on any atom is 0.416 e. The number of carbonyl (C=O) groups is 2. The molecule has 0 aliphatic carbocycles. The van der Waals surface area contributed by atoms with Crippen LogP contribution in [-0.2, 0) is 34.0 Å². The fraction of sp³-hybridized carbons (Fsp3) is 0.286. The zero-order valence-corrected chi connectivity index (χ0v) is 36.1. The van der Waals surface area contributed by atoms with E-state index in [0.717, 1.165) is 65.4 Å². The van der Waals surface area contributed by atoms with E-state index in [1.165, 1.54) is 12.1 Å². The molecule has 7 aromatic rings. The number of halogens is 4. The Balaban J connectivity index is 0.732. The average molecular weight is 896 g/mol. The maximum absolute atomic E-state index is 13.2. The molecular formula is C49H49ClF3N5O6. The molecule has 11 nitrogen and oxygen atoms in total. The first-order valence-corrected chi connectivity index (χ1v) is 21.6. The number of fused-ring (bicyclic) bond motifs is 3. The van der Waals surface area contributed by atoms with Gasteiger partial charge in [-0.2, -0.15) is 18.3 Å². The number of aromatic nitrogens is 3. The fourth-order valence-electron chi connectivity index (χ4n) is 7.22. The van der Waals surface area contributed by atoms with Crippen molar-refractivity contribution < 1.29 is 41.7 Å². The maximum atomic E-state index is 13.2. The molecule has 7 rings (SSSR count). The van der Waals surface area contributed by atoms with Crippen LogP contribution in [-0.4, -0.2) is 71.6 Å². The van der Waals surface area contributed by atoms with Crippen molar-refractivity contribution in [2.45, 2.75) is 38.4 Å². The molecule has 64 heavy (non-hydrogen) atoms. The van der Waals surface area contributed by atoms with E-state index >= 15 is 0 Å². The fourth-order valence-corrected chi connectivity index (χ4v) is 7.36.